The summed E-state index contributed by atoms with van der Waals surface area (Å²) in [5.41, 5.74) is 13.1. The van der Waals surface area contributed by atoms with E-state index in [1.165, 1.54) is 11.8 Å². The van der Waals surface area contributed by atoms with Crippen LogP contribution in [0.2, 0.25) is 0 Å². The second kappa shape index (κ2) is 22.3. The highest BCUT2D eigenvalue weighted by Gasteiger charge is 2.31. The van der Waals surface area contributed by atoms with E-state index in [2.05, 4.69) is 31.6 Å². The van der Waals surface area contributed by atoms with Crippen LogP contribution in [-0.2, 0) is 41.6 Å². The molecule has 3 aromatic rings. The number of hydrogen-bond acceptors (Lipinski definition) is 9. The standard InChI is InChI=1S/C39H56N8O7S/c1-39(2,3)54-38(53)42-20-17-33(48)44-32(23-26-24-43-28-15-9-8-14-27(26)28)37(52)46-30(18-21-55-4)36(51)45-29(16-10-11-19-40)35(50)47-31(34(41)49)22-25-12-6-5-7-13-25/h5-9,12-15,24,29-32,43H,10-11,16-23,40H2,1-4H3,(H2,41,49)(H,42,53)(H,44,48)(H,45,51)(H,46,52)(H,47,50)/t29-,30-,31-,32-/m0/s1. The number of fused-ring (bicyclic) bond motifs is 1. The summed E-state index contributed by atoms with van der Waals surface area (Å²) in [4.78, 5) is 82.3. The van der Waals surface area contributed by atoms with E-state index in [0.717, 1.165) is 22.0 Å². The zero-order chi connectivity index (χ0) is 40.4. The fourth-order valence-electron chi connectivity index (χ4n) is 5.74. The van der Waals surface area contributed by atoms with Gasteiger partial charge in [-0.25, -0.2) is 4.79 Å². The SMILES string of the molecule is CSCC[C@H](NC(=O)[C@H](Cc1c[nH]c2ccccc12)NC(=O)CCNC(=O)OC(C)(C)C)C(=O)N[C@@H](CCCCN)C(=O)N[C@@H](Cc1ccccc1)C(N)=O. The molecule has 55 heavy (non-hydrogen) atoms. The van der Waals surface area contributed by atoms with Crippen LogP contribution >= 0.6 is 11.8 Å². The molecule has 16 heteroatoms. The molecule has 1 aromatic heterocycles. The summed E-state index contributed by atoms with van der Waals surface area (Å²) in [7, 11) is 0. The summed E-state index contributed by atoms with van der Waals surface area (Å²) in [6.45, 7) is 5.53. The summed E-state index contributed by atoms with van der Waals surface area (Å²) in [5.74, 6) is -2.53. The number of H-pyrrole nitrogens is 1. The van der Waals surface area contributed by atoms with Crippen molar-refractivity contribution in [2.24, 2.45) is 11.5 Å². The van der Waals surface area contributed by atoms with Crippen LogP contribution in [0.1, 0.15) is 64.0 Å². The second-order valence-electron chi connectivity index (χ2n) is 14.2. The molecular formula is C39H56N8O7S. The summed E-state index contributed by atoms with van der Waals surface area (Å²) < 4.78 is 5.23. The van der Waals surface area contributed by atoms with Crippen molar-refractivity contribution in [3.8, 4) is 0 Å². The van der Waals surface area contributed by atoms with Crippen molar-refractivity contribution >= 4 is 58.3 Å². The third-order valence-electron chi connectivity index (χ3n) is 8.54. The van der Waals surface area contributed by atoms with Gasteiger partial charge in [-0.3, -0.25) is 24.0 Å². The lowest BCUT2D eigenvalue weighted by Crippen LogP contribution is -2.58. The van der Waals surface area contributed by atoms with Crippen LogP contribution in [0, 0.1) is 0 Å². The van der Waals surface area contributed by atoms with Gasteiger partial charge in [0.05, 0.1) is 0 Å². The largest absolute Gasteiger partial charge is 0.444 e. The van der Waals surface area contributed by atoms with Crippen molar-refractivity contribution in [1.29, 1.82) is 0 Å². The number of thioether (sulfide) groups is 1. The third-order valence-corrected chi connectivity index (χ3v) is 9.18. The van der Waals surface area contributed by atoms with Gasteiger partial charge in [-0.2, -0.15) is 11.8 Å². The van der Waals surface area contributed by atoms with Crippen LogP contribution in [0.15, 0.2) is 60.8 Å². The predicted molar refractivity (Wildman–Crippen MR) is 214 cm³/mol. The topological polar surface area (TPSA) is 240 Å². The van der Waals surface area contributed by atoms with Crippen molar-refractivity contribution in [1.82, 2.24) is 31.6 Å². The highest BCUT2D eigenvalue weighted by Crippen LogP contribution is 2.19. The normalized spacial score (nSPS) is 13.5. The molecule has 3 rings (SSSR count). The first-order valence-corrected chi connectivity index (χ1v) is 19.8. The highest BCUT2D eigenvalue weighted by atomic mass is 32.2. The number of ether oxygens (including phenoxy) is 1. The number of benzene rings is 2. The molecule has 0 saturated carbocycles. The van der Waals surface area contributed by atoms with Crippen molar-refractivity contribution < 1.29 is 33.5 Å². The van der Waals surface area contributed by atoms with Crippen LogP contribution in [0.25, 0.3) is 10.9 Å². The monoisotopic (exact) mass is 780 g/mol. The van der Waals surface area contributed by atoms with Gasteiger partial charge in [0.15, 0.2) is 0 Å². The molecule has 2 aromatic carbocycles. The lowest BCUT2D eigenvalue weighted by molar-refractivity contribution is -0.134. The van der Waals surface area contributed by atoms with E-state index in [-0.39, 0.29) is 38.6 Å². The molecule has 6 amide bonds. The first-order chi connectivity index (χ1) is 26.2. The minimum Gasteiger partial charge on any atom is -0.444 e. The van der Waals surface area contributed by atoms with Crippen molar-refractivity contribution in [2.75, 3.05) is 25.1 Å². The van der Waals surface area contributed by atoms with Crippen molar-refractivity contribution in [3.05, 3.63) is 71.9 Å². The van der Waals surface area contributed by atoms with E-state index < -0.39 is 65.4 Å². The number of unbranched alkanes of at least 4 members (excludes halogenated alkanes) is 1. The predicted octanol–water partition coefficient (Wildman–Crippen LogP) is 2.17. The Morgan fingerprint density at radius 2 is 1.40 bits per heavy atom. The fourth-order valence-corrected chi connectivity index (χ4v) is 6.22. The van der Waals surface area contributed by atoms with E-state index in [9.17, 15) is 28.8 Å². The smallest absolute Gasteiger partial charge is 0.407 e. The van der Waals surface area contributed by atoms with E-state index in [1.807, 2.05) is 60.9 Å². The molecule has 0 fully saturated rings. The van der Waals surface area contributed by atoms with Crippen LogP contribution in [-0.4, -0.2) is 95.5 Å². The van der Waals surface area contributed by atoms with Gasteiger partial charge in [0.2, 0.25) is 29.5 Å². The Labute approximate surface area is 326 Å². The van der Waals surface area contributed by atoms with Gasteiger partial charge in [0.1, 0.15) is 29.8 Å². The average Bonchev–Trinajstić information content (AvgIpc) is 3.54. The van der Waals surface area contributed by atoms with Gasteiger partial charge in [0, 0.05) is 42.9 Å². The molecule has 15 nitrogen and oxygen atoms in total. The maximum absolute atomic E-state index is 14.0. The minimum absolute atomic E-state index is 0.0313. The number of carbonyl (C=O) groups is 6. The molecule has 0 aliphatic heterocycles. The molecule has 0 spiro atoms. The maximum atomic E-state index is 14.0. The molecule has 0 saturated heterocycles. The third kappa shape index (κ3) is 15.7. The number of alkyl carbamates (subject to hydrolysis) is 1. The summed E-state index contributed by atoms with van der Waals surface area (Å²) in [6.07, 6.45) is 4.64. The first kappa shape index (κ1) is 44.3. The van der Waals surface area contributed by atoms with Crippen molar-refractivity contribution in [2.45, 2.75) is 95.5 Å². The zero-order valence-electron chi connectivity index (χ0n) is 32.1. The quantitative estimate of drug-likeness (QED) is 0.0697. The summed E-state index contributed by atoms with van der Waals surface area (Å²) in [6, 6.07) is 12.4. The highest BCUT2D eigenvalue weighted by molar-refractivity contribution is 7.98. The molecular weight excluding hydrogens is 725 g/mol. The first-order valence-electron chi connectivity index (χ1n) is 18.4. The Morgan fingerprint density at radius 1 is 0.782 bits per heavy atom. The Morgan fingerprint density at radius 3 is 2.04 bits per heavy atom. The summed E-state index contributed by atoms with van der Waals surface area (Å²) >= 11 is 1.47. The fraction of sp³-hybridized carbons (Fsp3) is 0.487. The van der Waals surface area contributed by atoms with E-state index in [0.29, 0.717) is 25.1 Å². The van der Waals surface area contributed by atoms with Crippen LogP contribution in [0.5, 0.6) is 0 Å². The van der Waals surface area contributed by atoms with Gasteiger partial charge in [-0.15, -0.1) is 0 Å². The zero-order valence-corrected chi connectivity index (χ0v) is 32.9. The van der Waals surface area contributed by atoms with E-state index in [1.54, 1.807) is 27.0 Å². The molecule has 10 N–H and O–H groups in total. The number of amides is 6. The van der Waals surface area contributed by atoms with Gasteiger partial charge in [-0.1, -0.05) is 48.5 Å². The van der Waals surface area contributed by atoms with Crippen LogP contribution in [0.3, 0.4) is 0 Å². The van der Waals surface area contributed by atoms with E-state index in [4.69, 9.17) is 16.2 Å². The van der Waals surface area contributed by atoms with Gasteiger partial charge in [-0.05, 0) is 82.2 Å². The number of rotatable bonds is 22. The Kier molecular flexibility index (Phi) is 18.0. The lowest BCUT2D eigenvalue weighted by Gasteiger charge is -2.26. The number of aromatic nitrogens is 1. The number of para-hydroxylation sites is 1. The molecule has 4 atom stereocenters. The average molecular weight is 781 g/mol. The number of nitrogens with two attached hydrogens (primary N) is 2. The van der Waals surface area contributed by atoms with Gasteiger partial charge >= 0.3 is 6.09 Å². The molecule has 0 aliphatic carbocycles. The number of aromatic amines is 1. The Bertz CT molecular complexity index is 1730. The number of nitrogens with one attached hydrogen (secondary N) is 6. The second-order valence-corrected chi connectivity index (χ2v) is 15.2. The van der Waals surface area contributed by atoms with Crippen LogP contribution in [0.4, 0.5) is 4.79 Å². The maximum Gasteiger partial charge on any atom is 0.407 e. The molecule has 0 bridgehead atoms. The molecule has 0 radical (unpaired) electrons. The van der Waals surface area contributed by atoms with Gasteiger partial charge in [0.25, 0.3) is 0 Å². The summed E-state index contributed by atoms with van der Waals surface area (Å²) in [5, 5.41) is 14.5. The van der Waals surface area contributed by atoms with Crippen molar-refractivity contribution in [3.63, 3.8) is 0 Å². The lowest BCUT2D eigenvalue weighted by atomic mass is 10.0. The number of hydrogen-bond donors (Lipinski definition) is 8. The number of carbonyl (C=O) groups excluding carboxylic acids is 6. The Hall–Kier alpha value is -5.09. The van der Waals surface area contributed by atoms with E-state index >= 15 is 0 Å². The molecule has 0 aliphatic rings. The molecule has 0 unspecified atom stereocenters. The molecule has 300 valence electrons. The van der Waals surface area contributed by atoms with Gasteiger partial charge < -0.3 is 47.8 Å². The number of primary amides is 1. The van der Waals surface area contributed by atoms with Crippen LogP contribution < -0.4 is 38.1 Å². The minimum atomic E-state index is -1.10. The Balaban J connectivity index is 1.79. The molecule has 1 heterocycles.